The maximum atomic E-state index is 13.2. The van der Waals surface area contributed by atoms with E-state index in [0.717, 1.165) is 18.0 Å². The highest BCUT2D eigenvalue weighted by molar-refractivity contribution is 7.15. The molecular formula is C20H22N4OS3. The molecule has 1 aliphatic heterocycles. The van der Waals surface area contributed by atoms with Gasteiger partial charge in [0.25, 0.3) is 0 Å². The highest BCUT2D eigenvalue weighted by Crippen LogP contribution is 2.40. The molecule has 5 nitrogen and oxygen atoms in total. The Morgan fingerprint density at radius 1 is 1.11 bits per heavy atom. The van der Waals surface area contributed by atoms with Gasteiger partial charge in [-0.15, -0.1) is 32.9 Å². The number of fused-ring (bicyclic) bond motifs is 1. The molecule has 2 amide bonds. The highest BCUT2D eigenvalue weighted by atomic mass is 32.1. The first-order chi connectivity index (χ1) is 13.8. The second-order valence-corrected chi connectivity index (χ2v) is 10.4. The van der Waals surface area contributed by atoms with Gasteiger partial charge in [-0.25, -0.2) is 4.79 Å². The van der Waals surface area contributed by atoms with Crippen LogP contribution in [-0.4, -0.2) is 27.7 Å². The molecule has 0 bridgehead atoms. The zero-order chi connectivity index (χ0) is 18.9. The van der Waals surface area contributed by atoms with Crippen molar-refractivity contribution in [2.75, 3.05) is 11.9 Å². The second kappa shape index (κ2) is 7.93. The Labute approximate surface area is 176 Å². The molecule has 1 unspecified atom stereocenters. The molecule has 146 valence electrons. The molecule has 0 spiro atoms. The van der Waals surface area contributed by atoms with Gasteiger partial charge in [0, 0.05) is 22.2 Å². The average molecular weight is 431 g/mol. The molecule has 28 heavy (non-hydrogen) atoms. The van der Waals surface area contributed by atoms with Crippen LogP contribution in [0.4, 0.5) is 9.93 Å². The third kappa shape index (κ3) is 3.49. The lowest BCUT2D eigenvalue weighted by atomic mass is 9.90. The smallest absolute Gasteiger partial charge is 0.312 e. The lowest BCUT2D eigenvalue weighted by Crippen LogP contribution is -2.42. The fourth-order valence-corrected chi connectivity index (χ4v) is 6.91. The van der Waals surface area contributed by atoms with Gasteiger partial charge >= 0.3 is 6.03 Å². The summed E-state index contributed by atoms with van der Waals surface area (Å²) in [5.74, 6) is 0.513. The topological polar surface area (TPSA) is 58.1 Å². The summed E-state index contributed by atoms with van der Waals surface area (Å²) >= 11 is 5.04. The number of urea groups is 1. The second-order valence-electron chi connectivity index (χ2n) is 7.37. The van der Waals surface area contributed by atoms with Crippen molar-refractivity contribution in [3.8, 4) is 0 Å². The number of carbonyl (C=O) groups is 1. The quantitative estimate of drug-likeness (QED) is 0.564. The number of thiophene rings is 2. The first-order valence-corrected chi connectivity index (χ1v) is 12.4. The number of anilines is 1. The number of hydrogen-bond donors (Lipinski definition) is 1. The molecule has 8 heteroatoms. The van der Waals surface area contributed by atoms with Crippen molar-refractivity contribution < 1.29 is 4.79 Å². The molecule has 4 heterocycles. The molecular weight excluding hydrogens is 408 g/mol. The van der Waals surface area contributed by atoms with Gasteiger partial charge in [0.1, 0.15) is 5.01 Å². The molecule has 1 saturated carbocycles. The first-order valence-electron chi connectivity index (χ1n) is 9.80. The zero-order valence-corrected chi connectivity index (χ0v) is 17.9. The van der Waals surface area contributed by atoms with Gasteiger partial charge in [0.05, 0.1) is 6.04 Å². The molecule has 1 aliphatic carbocycles. The van der Waals surface area contributed by atoms with Gasteiger partial charge < -0.3 is 4.90 Å². The van der Waals surface area contributed by atoms with Gasteiger partial charge in [-0.2, -0.15) is 0 Å². The van der Waals surface area contributed by atoms with Crippen molar-refractivity contribution in [3.63, 3.8) is 0 Å². The summed E-state index contributed by atoms with van der Waals surface area (Å²) in [6.45, 7) is 0.718. The summed E-state index contributed by atoms with van der Waals surface area (Å²) in [6, 6.07) is 6.24. The van der Waals surface area contributed by atoms with Crippen LogP contribution in [0.3, 0.4) is 0 Å². The summed E-state index contributed by atoms with van der Waals surface area (Å²) in [6.07, 6.45) is 7.15. The predicted octanol–water partition coefficient (Wildman–Crippen LogP) is 5.89. The van der Waals surface area contributed by atoms with Crippen molar-refractivity contribution >= 4 is 45.2 Å². The lowest BCUT2D eigenvalue weighted by Gasteiger charge is -2.35. The normalized spacial score (nSPS) is 20.1. The number of rotatable bonds is 3. The van der Waals surface area contributed by atoms with Crippen molar-refractivity contribution in [3.05, 3.63) is 49.3 Å². The van der Waals surface area contributed by atoms with Gasteiger partial charge in [0.2, 0.25) is 5.13 Å². The van der Waals surface area contributed by atoms with Crippen LogP contribution < -0.4 is 5.32 Å². The SMILES string of the molecule is O=C(Nc1nnc(C2CCCCC2)s1)N1CCc2sccc2C1c1cccs1. The number of aromatic nitrogens is 2. The van der Waals surface area contributed by atoms with E-state index in [9.17, 15) is 4.79 Å². The molecule has 3 aromatic rings. The van der Waals surface area contributed by atoms with Crippen LogP contribution in [0.15, 0.2) is 29.0 Å². The Hall–Kier alpha value is -1.77. The van der Waals surface area contributed by atoms with Gasteiger partial charge in [-0.05, 0) is 47.7 Å². The number of carbonyl (C=O) groups excluding carboxylic acids is 1. The molecule has 2 aliphatic rings. The highest BCUT2D eigenvalue weighted by Gasteiger charge is 2.34. The Morgan fingerprint density at radius 3 is 2.82 bits per heavy atom. The largest absolute Gasteiger partial charge is 0.324 e. The van der Waals surface area contributed by atoms with Crippen LogP contribution >= 0.6 is 34.0 Å². The number of amides is 2. The maximum Gasteiger partial charge on any atom is 0.324 e. The van der Waals surface area contributed by atoms with Gasteiger partial charge in [-0.1, -0.05) is 36.7 Å². The summed E-state index contributed by atoms with van der Waals surface area (Å²) < 4.78 is 0. The number of nitrogens with zero attached hydrogens (tertiary/aromatic N) is 3. The maximum absolute atomic E-state index is 13.2. The van der Waals surface area contributed by atoms with E-state index in [1.54, 1.807) is 34.0 Å². The fourth-order valence-electron chi connectivity index (χ4n) is 4.25. The predicted molar refractivity (Wildman–Crippen MR) is 116 cm³/mol. The monoisotopic (exact) mass is 430 g/mol. The van der Waals surface area contributed by atoms with E-state index in [0.29, 0.717) is 11.0 Å². The van der Waals surface area contributed by atoms with E-state index in [1.807, 2.05) is 4.90 Å². The Morgan fingerprint density at radius 2 is 2.00 bits per heavy atom. The van der Waals surface area contributed by atoms with Gasteiger partial charge in [0.15, 0.2) is 0 Å². The van der Waals surface area contributed by atoms with Crippen molar-refractivity contribution in [2.45, 2.75) is 50.5 Å². The van der Waals surface area contributed by atoms with E-state index in [1.165, 1.54) is 47.4 Å². The van der Waals surface area contributed by atoms with Crippen LogP contribution in [-0.2, 0) is 6.42 Å². The minimum absolute atomic E-state index is 0.0132. The molecule has 3 aromatic heterocycles. The van der Waals surface area contributed by atoms with Crippen molar-refractivity contribution in [2.24, 2.45) is 0 Å². The molecule has 0 radical (unpaired) electrons. The Bertz CT molecular complexity index is 942. The summed E-state index contributed by atoms with van der Waals surface area (Å²) in [7, 11) is 0. The van der Waals surface area contributed by atoms with Crippen LogP contribution in [0.25, 0.3) is 0 Å². The molecule has 0 saturated heterocycles. The van der Waals surface area contributed by atoms with Crippen molar-refractivity contribution in [1.82, 2.24) is 15.1 Å². The number of nitrogens with one attached hydrogen (secondary N) is 1. The van der Waals surface area contributed by atoms with E-state index in [-0.39, 0.29) is 12.1 Å². The van der Waals surface area contributed by atoms with Crippen LogP contribution in [0.1, 0.15) is 64.4 Å². The van der Waals surface area contributed by atoms with Crippen LogP contribution in [0.2, 0.25) is 0 Å². The molecule has 5 rings (SSSR count). The van der Waals surface area contributed by atoms with E-state index in [4.69, 9.17) is 0 Å². The van der Waals surface area contributed by atoms with E-state index >= 15 is 0 Å². The standard InChI is InChI=1S/C20H22N4OS3/c25-20(21-19-23-22-18(28-19)13-5-2-1-3-6-13)24-10-8-15-14(9-12-27-15)17(24)16-7-4-11-26-16/h4,7,9,11-13,17H,1-3,5-6,8,10H2,(H,21,23,25). The van der Waals surface area contributed by atoms with Crippen LogP contribution in [0, 0.1) is 0 Å². The summed E-state index contributed by atoms with van der Waals surface area (Å²) in [5, 5.41) is 17.6. The average Bonchev–Trinajstić information content (AvgIpc) is 3.49. The molecule has 1 fully saturated rings. The van der Waals surface area contributed by atoms with E-state index in [2.05, 4.69) is 44.5 Å². The van der Waals surface area contributed by atoms with Crippen LogP contribution in [0.5, 0.6) is 0 Å². The molecule has 0 aromatic carbocycles. The molecule has 1 atom stereocenters. The summed E-state index contributed by atoms with van der Waals surface area (Å²) in [4.78, 5) is 17.7. The van der Waals surface area contributed by atoms with Crippen molar-refractivity contribution in [1.29, 1.82) is 0 Å². The fraction of sp³-hybridized carbons (Fsp3) is 0.450. The zero-order valence-electron chi connectivity index (χ0n) is 15.5. The lowest BCUT2D eigenvalue weighted by molar-refractivity contribution is 0.195. The Kier molecular flexibility index (Phi) is 5.17. The number of hydrogen-bond acceptors (Lipinski definition) is 6. The Balaban J connectivity index is 1.35. The third-order valence-corrected chi connectivity index (χ3v) is 8.57. The first kappa shape index (κ1) is 18.3. The van der Waals surface area contributed by atoms with E-state index < -0.39 is 0 Å². The third-order valence-electron chi connectivity index (χ3n) is 5.65. The minimum Gasteiger partial charge on any atom is -0.312 e. The minimum atomic E-state index is -0.0819. The molecule has 1 N–H and O–H groups in total. The summed E-state index contributed by atoms with van der Waals surface area (Å²) in [5.41, 5.74) is 1.26. The van der Waals surface area contributed by atoms with Gasteiger partial charge in [-0.3, -0.25) is 5.32 Å².